The number of ether oxygens (including phenoxy) is 3. The summed E-state index contributed by atoms with van der Waals surface area (Å²) < 4.78 is 15.9. The predicted octanol–water partition coefficient (Wildman–Crippen LogP) is 2.92. The minimum atomic E-state index is -0.515. The molecular weight excluding hydrogens is 360 g/mol. The van der Waals surface area contributed by atoms with Crippen molar-refractivity contribution in [1.82, 2.24) is 0 Å². The van der Waals surface area contributed by atoms with Gasteiger partial charge < -0.3 is 14.2 Å². The van der Waals surface area contributed by atoms with Crippen molar-refractivity contribution in [3.8, 4) is 0 Å². The molecule has 28 heavy (non-hydrogen) atoms. The number of hydrogen-bond acceptors (Lipinski definition) is 6. The number of carbonyl (C=O) groups excluding carboxylic acids is 3. The second-order valence-corrected chi connectivity index (χ2v) is 8.46. The Morgan fingerprint density at radius 2 is 2.04 bits per heavy atom. The van der Waals surface area contributed by atoms with Crippen LogP contribution in [0, 0.1) is 17.3 Å². The molecule has 1 saturated heterocycles. The topological polar surface area (TPSA) is 82.2 Å². The van der Waals surface area contributed by atoms with Crippen LogP contribution in [0.3, 0.4) is 0 Å². The second kappa shape index (κ2) is 7.32. The van der Waals surface area contributed by atoms with Crippen molar-refractivity contribution in [3.05, 3.63) is 35.5 Å². The summed E-state index contributed by atoms with van der Waals surface area (Å²) in [7, 11) is 1.33. The Bertz CT molecular complexity index is 787. The number of rotatable bonds is 7. The van der Waals surface area contributed by atoms with Crippen molar-refractivity contribution in [2.75, 3.05) is 7.11 Å². The highest BCUT2D eigenvalue weighted by molar-refractivity contribution is 6.00. The average Bonchev–Trinajstić information content (AvgIpc) is 3.49. The zero-order chi connectivity index (χ0) is 20.8. The highest BCUT2D eigenvalue weighted by Gasteiger charge is 2.62. The molecule has 0 aromatic heterocycles. The molecule has 0 bridgehead atoms. The molecule has 0 aromatic rings. The van der Waals surface area contributed by atoms with E-state index in [9.17, 15) is 14.4 Å². The molecule has 6 heteroatoms. The second-order valence-electron chi connectivity index (χ2n) is 8.46. The van der Waals surface area contributed by atoms with Gasteiger partial charge in [0.1, 0.15) is 12.2 Å². The van der Waals surface area contributed by atoms with Crippen LogP contribution in [0.4, 0.5) is 0 Å². The van der Waals surface area contributed by atoms with Crippen molar-refractivity contribution in [1.29, 1.82) is 0 Å². The summed E-state index contributed by atoms with van der Waals surface area (Å²) in [6, 6.07) is 0. The SMILES string of the molecule is C=CC1OC1CC1=C(C)C(OC(=O)C2C(C=C(C)C(=O)OC)C2(C)C)CC1=O. The monoisotopic (exact) mass is 388 g/mol. The summed E-state index contributed by atoms with van der Waals surface area (Å²) in [5.41, 5.74) is 1.70. The lowest BCUT2D eigenvalue weighted by molar-refractivity contribution is -0.150. The fourth-order valence-electron chi connectivity index (χ4n) is 4.14. The van der Waals surface area contributed by atoms with Crippen molar-refractivity contribution in [3.63, 3.8) is 0 Å². The van der Waals surface area contributed by atoms with E-state index in [0.717, 1.165) is 5.57 Å². The van der Waals surface area contributed by atoms with Crippen molar-refractivity contribution < 1.29 is 28.6 Å². The predicted molar refractivity (Wildman–Crippen MR) is 102 cm³/mol. The van der Waals surface area contributed by atoms with E-state index in [0.29, 0.717) is 17.6 Å². The Morgan fingerprint density at radius 1 is 1.36 bits per heavy atom. The Kier molecular flexibility index (Phi) is 5.36. The number of methoxy groups -OCH3 is 1. The van der Waals surface area contributed by atoms with Gasteiger partial charge in [-0.2, -0.15) is 0 Å². The molecule has 5 unspecified atom stereocenters. The van der Waals surface area contributed by atoms with E-state index in [4.69, 9.17) is 14.2 Å². The molecule has 2 aliphatic carbocycles. The molecule has 2 fully saturated rings. The van der Waals surface area contributed by atoms with Gasteiger partial charge in [0, 0.05) is 17.6 Å². The van der Waals surface area contributed by atoms with Gasteiger partial charge >= 0.3 is 11.9 Å². The Balaban J connectivity index is 1.65. The molecule has 0 spiro atoms. The van der Waals surface area contributed by atoms with Crippen LogP contribution in [0.2, 0.25) is 0 Å². The van der Waals surface area contributed by atoms with E-state index in [1.165, 1.54) is 7.11 Å². The fourth-order valence-corrected chi connectivity index (χ4v) is 4.14. The lowest BCUT2D eigenvalue weighted by Gasteiger charge is -2.14. The molecule has 1 saturated carbocycles. The van der Waals surface area contributed by atoms with E-state index in [1.807, 2.05) is 20.8 Å². The summed E-state index contributed by atoms with van der Waals surface area (Å²) in [4.78, 5) is 36.8. The molecule has 1 aliphatic heterocycles. The van der Waals surface area contributed by atoms with Crippen molar-refractivity contribution in [2.24, 2.45) is 17.3 Å². The fraction of sp³-hybridized carbons (Fsp3) is 0.591. The normalized spacial score (nSPS) is 33.5. The van der Waals surface area contributed by atoms with Gasteiger partial charge in [0.15, 0.2) is 5.78 Å². The van der Waals surface area contributed by atoms with Gasteiger partial charge in [-0.05, 0) is 30.8 Å². The maximum atomic E-state index is 12.8. The quantitative estimate of drug-likeness (QED) is 0.289. The van der Waals surface area contributed by atoms with Crippen LogP contribution in [0.1, 0.15) is 40.5 Å². The van der Waals surface area contributed by atoms with E-state index in [1.54, 1.807) is 19.1 Å². The lowest BCUT2D eigenvalue weighted by Crippen LogP contribution is -2.20. The smallest absolute Gasteiger partial charge is 0.333 e. The maximum Gasteiger partial charge on any atom is 0.333 e. The lowest BCUT2D eigenvalue weighted by atomic mass is 10.0. The zero-order valence-electron chi connectivity index (χ0n) is 17.1. The van der Waals surface area contributed by atoms with Gasteiger partial charge in [-0.3, -0.25) is 9.59 Å². The van der Waals surface area contributed by atoms with Crippen LogP contribution in [0.5, 0.6) is 0 Å². The van der Waals surface area contributed by atoms with E-state index in [2.05, 4.69) is 6.58 Å². The van der Waals surface area contributed by atoms with Crippen LogP contribution < -0.4 is 0 Å². The number of carbonyl (C=O) groups is 3. The highest BCUT2D eigenvalue weighted by atomic mass is 16.6. The van der Waals surface area contributed by atoms with Crippen LogP contribution in [-0.4, -0.2) is 43.1 Å². The largest absolute Gasteiger partial charge is 0.466 e. The van der Waals surface area contributed by atoms with E-state index in [-0.39, 0.29) is 47.6 Å². The summed E-state index contributed by atoms with van der Waals surface area (Å²) >= 11 is 0. The van der Waals surface area contributed by atoms with Gasteiger partial charge in [-0.25, -0.2) is 4.79 Å². The third-order valence-corrected chi connectivity index (χ3v) is 6.29. The summed E-state index contributed by atoms with van der Waals surface area (Å²) in [6.07, 6.45) is 3.73. The number of Topliss-reactive ketones (excluding diaryl/α,β-unsaturated/α-hetero) is 1. The Labute approximate surface area is 165 Å². The van der Waals surface area contributed by atoms with Gasteiger partial charge in [-0.15, -0.1) is 6.58 Å². The molecule has 6 nitrogen and oxygen atoms in total. The molecule has 3 rings (SSSR count). The zero-order valence-corrected chi connectivity index (χ0v) is 17.1. The number of esters is 2. The third-order valence-electron chi connectivity index (χ3n) is 6.29. The third kappa shape index (κ3) is 3.70. The molecule has 0 amide bonds. The molecule has 3 aliphatic rings. The first-order chi connectivity index (χ1) is 13.1. The molecule has 1 heterocycles. The summed E-state index contributed by atoms with van der Waals surface area (Å²) in [6.45, 7) is 11.2. The number of hydrogen-bond donors (Lipinski definition) is 0. The first kappa shape index (κ1) is 20.5. The number of allylic oxidation sites excluding steroid dienone is 1. The summed E-state index contributed by atoms with van der Waals surface area (Å²) in [5, 5.41) is 0. The first-order valence-corrected chi connectivity index (χ1v) is 9.59. The first-order valence-electron chi connectivity index (χ1n) is 9.59. The Hall–Kier alpha value is -2.21. The highest BCUT2D eigenvalue weighted by Crippen LogP contribution is 2.60. The molecule has 0 N–H and O–H groups in total. The van der Waals surface area contributed by atoms with E-state index < -0.39 is 12.1 Å². The van der Waals surface area contributed by atoms with Crippen LogP contribution in [-0.2, 0) is 28.6 Å². The Morgan fingerprint density at radius 3 is 2.61 bits per heavy atom. The summed E-state index contributed by atoms with van der Waals surface area (Å²) in [5.74, 6) is -1.14. The van der Waals surface area contributed by atoms with E-state index >= 15 is 0 Å². The van der Waals surface area contributed by atoms with Crippen LogP contribution in [0.25, 0.3) is 0 Å². The standard InChI is InChI=1S/C22H28O6/c1-7-16-18(27-16)9-13-12(3)17(10-15(13)23)28-21(25)19-14(22(19,4)5)8-11(2)20(24)26-6/h7-8,14,16-19H,1,9-10H2,2-6H3. The van der Waals surface area contributed by atoms with Gasteiger partial charge in [0.2, 0.25) is 0 Å². The molecule has 0 radical (unpaired) electrons. The number of ketones is 1. The van der Waals surface area contributed by atoms with Gasteiger partial charge in [0.05, 0.1) is 25.6 Å². The molecular formula is C22H28O6. The molecule has 152 valence electrons. The minimum Gasteiger partial charge on any atom is -0.466 e. The molecule has 0 aromatic carbocycles. The van der Waals surface area contributed by atoms with Crippen molar-refractivity contribution in [2.45, 2.75) is 58.8 Å². The maximum absolute atomic E-state index is 12.8. The van der Waals surface area contributed by atoms with Gasteiger partial charge in [-0.1, -0.05) is 26.0 Å². The van der Waals surface area contributed by atoms with Gasteiger partial charge in [0.25, 0.3) is 0 Å². The van der Waals surface area contributed by atoms with Crippen LogP contribution in [0.15, 0.2) is 35.5 Å². The van der Waals surface area contributed by atoms with Crippen LogP contribution >= 0.6 is 0 Å². The average molecular weight is 388 g/mol. The number of epoxide rings is 1. The molecule has 5 atom stereocenters. The minimum absolute atomic E-state index is 0.000897. The van der Waals surface area contributed by atoms with Crippen molar-refractivity contribution >= 4 is 17.7 Å².